The molecule has 3 aromatic rings. The van der Waals surface area contributed by atoms with E-state index in [2.05, 4.69) is 19.9 Å². The third-order valence-electron chi connectivity index (χ3n) is 2.34. The number of nitrogens with zero attached hydrogens (tertiary/aromatic N) is 2. The smallest absolute Gasteiger partial charge is 0.197 e. The minimum absolute atomic E-state index is 0.420. The summed E-state index contributed by atoms with van der Waals surface area (Å²) in [4.78, 5) is 14.3. The van der Waals surface area contributed by atoms with E-state index in [-0.39, 0.29) is 0 Å². The molecule has 0 unspecified atom stereocenters. The zero-order valence-corrected chi connectivity index (χ0v) is 7.86. The number of fused-ring (bicyclic) bond motifs is 1. The fraction of sp³-hybridized carbons (Fsp3) is 0. The first-order valence-corrected chi connectivity index (χ1v) is 4.57. The van der Waals surface area contributed by atoms with Crippen LogP contribution in [-0.4, -0.2) is 19.9 Å². The second-order valence-electron chi connectivity index (χ2n) is 3.28. The van der Waals surface area contributed by atoms with E-state index >= 15 is 0 Å². The van der Waals surface area contributed by atoms with Crippen molar-refractivity contribution < 1.29 is 0 Å². The van der Waals surface area contributed by atoms with Crippen LogP contribution in [0.4, 0.5) is 5.95 Å². The first-order valence-electron chi connectivity index (χ1n) is 4.57. The Labute approximate surface area is 85.4 Å². The lowest BCUT2D eigenvalue weighted by Gasteiger charge is -1.93. The molecule has 0 saturated carbocycles. The number of aromatic nitrogens is 4. The van der Waals surface area contributed by atoms with E-state index in [4.69, 9.17) is 5.73 Å². The van der Waals surface area contributed by atoms with Crippen molar-refractivity contribution in [1.29, 1.82) is 0 Å². The predicted molar refractivity (Wildman–Crippen MR) is 58.1 cm³/mol. The highest BCUT2D eigenvalue weighted by molar-refractivity contribution is 5.92. The molecule has 3 heterocycles. The van der Waals surface area contributed by atoms with Gasteiger partial charge in [0.25, 0.3) is 0 Å². The molecule has 0 radical (unpaired) electrons. The number of aromatic amines is 2. The van der Waals surface area contributed by atoms with E-state index in [1.807, 2.05) is 18.3 Å². The first-order chi connectivity index (χ1) is 7.34. The SMILES string of the molecule is Nc1ncc(-c2c[nH]c3ncccc23)[nH]1. The standard InChI is InChI=1S/C10H9N5/c11-10-14-5-8(15-10)7-4-13-9-6(7)2-1-3-12-9/h1-5H,(H,12,13)(H3,11,14,15). The molecule has 0 bridgehead atoms. The fourth-order valence-corrected chi connectivity index (χ4v) is 1.65. The van der Waals surface area contributed by atoms with Crippen molar-refractivity contribution in [3.8, 4) is 11.3 Å². The molecule has 15 heavy (non-hydrogen) atoms. The fourth-order valence-electron chi connectivity index (χ4n) is 1.65. The van der Waals surface area contributed by atoms with Crippen LogP contribution in [0.3, 0.4) is 0 Å². The molecule has 0 aromatic carbocycles. The predicted octanol–water partition coefficient (Wildman–Crippen LogP) is 1.54. The van der Waals surface area contributed by atoms with Crippen LogP contribution in [0.15, 0.2) is 30.7 Å². The molecule has 5 heteroatoms. The molecule has 3 rings (SSSR count). The van der Waals surface area contributed by atoms with Crippen LogP contribution in [0, 0.1) is 0 Å². The molecule has 0 spiro atoms. The summed E-state index contributed by atoms with van der Waals surface area (Å²) in [6.07, 6.45) is 5.36. The molecule has 5 nitrogen and oxygen atoms in total. The van der Waals surface area contributed by atoms with Crippen LogP contribution in [0.2, 0.25) is 0 Å². The molecule has 0 fully saturated rings. The number of pyridine rings is 1. The highest BCUT2D eigenvalue weighted by Gasteiger charge is 2.07. The molecular weight excluding hydrogens is 190 g/mol. The maximum Gasteiger partial charge on any atom is 0.197 e. The number of H-pyrrole nitrogens is 2. The Hall–Kier alpha value is -2.30. The Kier molecular flexibility index (Phi) is 1.53. The van der Waals surface area contributed by atoms with Crippen molar-refractivity contribution in [3.63, 3.8) is 0 Å². The zero-order valence-electron chi connectivity index (χ0n) is 7.86. The Morgan fingerprint density at radius 2 is 2.20 bits per heavy atom. The van der Waals surface area contributed by atoms with Gasteiger partial charge in [0.05, 0.1) is 11.9 Å². The summed E-state index contributed by atoms with van der Waals surface area (Å²) in [6, 6.07) is 3.91. The highest BCUT2D eigenvalue weighted by Crippen LogP contribution is 2.25. The van der Waals surface area contributed by atoms with Gasteiger partial charge in [0.15, 0.2) is 5.95 Å². The number of nitrogen functional groups attached to an aromatic ring is 1. The maximum atomic E-state index is 5.54. The largest absolute Gasteiger partial charge is 0.369 e. The van der Waals surface area contributed by atoms with Gasteiger partial charge in [0.2, 0.25) is 0 Å². The van der Waals surface area contributed by atoms with Crippen molar-refractivity contribution in [1.82, 2.24) is 19.9 Å². The van der Waals surface area contributed by atoms with Crippen molar-refractivity contribution in [2.24, 2.45) is 0 Å². The number of rotatable bonds is 1. The van der Waals surface area contributed by atoms with Crippen LogP contribution in [0.25, 0.3) is 22.3 Å². The molecule has 0 atom stereocenters. The number of hydrogen-bond donors (Lipinski definition) is 3. The molecule has 0 aliphatic carbocycles. The van der Waals surface area contributed by atoms with Crippen LogP contribution >= 0.6 is 0 Å². The Bertz CT molecular complexity index is 607. The highest BCUT2D eigenvalue weighted by atomic mass is 15.0. The maximum absolute atomic E-state index is 5.54. The van der Waals surface area contributed by atoms with Crippen LogP contribution in [0.5, 0.6) is 0 Å². The third-order valence-corrected chi connectivity index (χ3v) is 2.34. The summed E-state index contributed by atoms with van der Waals surface area (Å²) >= 11 is 0. The number of imidazole rings is 1. The lowest BCUT2D eigenvalue weighted by atomic mass is 10.2. The van der Waals surface area contributed by atoms with Crippen molar-refractivity contribution in [2.75, 3.05) is 5.73 Å². The molecule has 0 amide bonds. The minimum Gasteiger partial charge on any atom is -0.369 e. The number of hydrogen-bond acceptors (Lipinski definition) is 3. The van der Waals surface area contributed by atoms with E-state index < -0.39 is 0 Å². The summed E-state index contributed by atoms with van der Waals surface area (Å²) in [5.74, 6) is 0.420. The second kappa shape index (κ2) is 2.84. The third kappa shape index (κ3) is 1.17. The molecule has 0 aliphatic rings. The molecule has 74 valence electrons. The monoisotopic (exact) mass is 199 g/mol. The van der Waals surface area contributed by atoms with Crippen LogP contribution in [0.1, 0.15) is 0 Å². The quantitative estimate of drug-likeness (QED) is 0.555. The molecule has 3 aromatic heterocycles. The number of nitrogens with one attached hydrogen (secondary N) is 2. The van der Waals surface area contributed by atoms with Gasteiger partial charge in [-0.25, -0.2) is 9.97 Å². The Balaban J connectivity index is 2.27. The van der Waals surface area contributed by atoms with Gasteiger partial charge in [-0.15, -0.1) is 0 Å². The Morgan fingerprint density at radius 1 is 1.27 bits per heavy atom. The first kappa shape index (κ1) is 8.05. The second-order valence-corrected chi connectivity index (χ2v) is 3.28. The van der Waals surface area contributed by atoms with Gasteiger partial charge in [-0.05, 0) is 12.1 Å². The van der Waals surface area contributed by atoms with Crippen LogP contribution in [-0.2, 0) is 0 Å². The summed E-state index contributed by atoms with van der Waals surface area (Å²) in [5.41, 5.74) is 8.32. The van der Waals surface area contributed by atoms with Gasteiger partial charge in [0.1, 0.15) is 5.65 Å². The molecule has 0 aliphatic heterocycles. The van der Waals surface area contributed by atoms with Gasteiger partial charge < -0.3 is 15.7 Å². The van der Waals surface area contributed by atoms with E-state index in [1.165, 1.54) is 0 Å². The van der Waals surface area contributed by atoms with E-state index in [0.717, 1.165) is 22.3 Å². The average molecular weight is 199 g/mol. The van der Waals surface area contributed by atoms with Crippen molar-refractivity contribution >= 4 is 17.0 Å². The van der Waals surface area contributed by atoms with Gasteiger partial charge in [-0.1, -0.05) is 0 Å². The van der Waals surface area contributed by atoms with Crippen molar-refractivity contribution in [3.05, 3.63) is 30.7 Å². The van der Waals surface area contributed by atoms with Gasteiger partial charge >= 0.3 is 0 Å². The normalized spacial score (nSPS) is 10.9. The Morgan fingerprint density at radius 3 is 3.00 bits per heavy atom. The lowest BCUT2D eigenvalue weighted by molar-refractivity contribution is 1.32. The van der Waals surface area contributed by atoms with E-state index in [0.29, 0.717) is 5.95 Å². The van der Waals surface area contributed by atoms with Gasteiger partial charge in [-0.3, -0.25) is 0 Å². The molecule has 0 saturated heterocycles. The minimum atomic E-state index is 0.420. The summed E-state index contributed by atoms with van der Waals surface area (Å²) < 4.78 is 0. The topological polar surface area (TPSA) is 83.4 Å². The van der Waals surface area contributed by atoms with Crippen LogP contribution < -0.4 is 5.73 Å². The van der Waals surface area contributed by atoms with Crippen molar-refractivity contribution in [2.45, 2.75) is 0 Å². The van der Waals surface area contributed by atoms with Gasteiger partial charge in [-0.2, -0.15) is 0 Å². The molecule has 4 N–H and O–H groups in total. The molecular formula is C10H9N5. The van der Waals surface area contributed by atoms with Gasteiger partial charge in [0, 0.05) is 23.3 Å². The summed E-state index contributed by atoms with van der Waals surface area (Å²) in [5, 5.41) is 1.06. The number of anilines is 1. The summed E-state index contributed by atoms with van der Waals surface area (Å²) in [7, 11) is 0. The zero-order chi connectivity index (χ0) is 10.3. The average Bonchev–Trinajstić information content (AvgIpc) is 2.83. The van der Waals surface area contributed by atoms with E-state index in [9.17, 15) is 0 Å². The van der Waals surface area contributed by atoms with E-state index in [1.54, 1.807) is 12.4 Å². The number of nitrogens with two attached hydrogens (primary N) is 1. The summed E-state index contributed by atoms with van der Waals surface area (Å²) in [6.45, 7) is 0. The lowest BCUT2D eigenvalue weighted by Crippen LogP contribution is -1.85.